The average molecular weight is 392 g/mol. The number of amides is 1. The highest BCUT2D eigenvalue weighted by molar-refractivity contribution is 6.38. The zero-order valence-electron chi connectivity index (χ0n) is 16.0. The molecule has 0 aliphatic carbocycles. The van der Waals surface area contributed by atoms with Crippen LogP contribution >= 0.6 is 0 Å². The highest BCUT2D eigenvalue weighted by Crippen LogP contribution is 2.41. The number of benzene rings is 2. The fourth-order valence-corrected chi connectivity index (χ4v) is 3.20. The number of carbonyl (C=O) groups excluding carboxylic acids is 1. The van der Waals surface area contributed by atoms with Crippen LogP contribution in [0.2, 0.25) is 0 Å². The van der Waals surface area contributed by atoms with Crippen molar-refractivity contribution in [2.75, 3.05) is 5.32 Å². The summed E-state index contributed by atoms with van der Waals surface area (Å²) >= 11 is 0. The second-order valence-electron chi connectivity index (χ2n) is 7.20. The van der Waals surface area contributed by atoms with Crippen LogP contribution in [-0.2, 0) is 0 Å². The van der Waals surface area contributed by atoms with Gasteiger partial charge in [0.1, 0.15) is 23.0 Å². The molecule has 0 bridgehead atoms. The Morgan fingerprint density at radius 2 is 1.72 bits per heavy atom. The molecule has 0 atom stereocenters. The quantitative estimate of drug-likeness (QED) is 0.695. The van der Waals surface area contributed by atoms with Crippen molar-refractivity contribution in [2.24, 2.45) is 0 Å². The van der Waals surface area contributed by atoms with Crippen molar-refractivity contribution in [1.29, 1.82) is 0 Å². The number of aromatic nitrogens is 1. The van der Waals surface area contributed by atoms with Gasteiger partial charge in [-0.25, -0.2) is 13.8 Å². The molecule has 2 heterocycles. The van der Waals surface area contributed by atoms with Crippen molar-refractivity contribution in [2.45, 2.75) is 12.5 Å². The molecule has 3 aromatic rings. The molecule has 0 unspecified atom stereocenters. The van der Waals surface area contributed by atoms with E-state index in [0.29, 0.717) is 11.5 Å². The molecule has 0 fully saturated rings. The molecule has 144 valence electrons. The van der Waals surface area contributed by atoms with Gasteiger partial charge in [0.2, 0.25) is 0 Å². The summed E-state index contributed by atoms with van der Waals surface area (Å²) < 4.78 is 39.0. The van der Waals surface area contributed by atoms with Crippen LogP contribution in [0.5, 0.6) is 11.5 Å². The molecule has 2 aromatic carbocycles. The maximum absolute atomic E-state index is 13.8. The van der Waals surface area contributed by atoms with E-state index in [4.69, 9.17) is 9.47 Å². The molecular weight excluding hydrogens is 376 g/mol. The molecule has 4 rings (SSSR count). The van der Waals surface area contributed by atoms with E-state index < -0.39 is 28.7 Å². The lowest BCUT2D eigenvalue weighted by Crippen LogP contribution is -2.39. The number of nitrogens with zero attached hydrogens (tertiary/aromatic N) is 1. The maximum Gasteiger partial charge on any atom is 0.262 e. The number of aryl methyl sites for hydroxylation is 1. The molecule has 0 spiro atoms. The third kappa shape index (κ3) is 3.68. The van der Waals surface area contributed by atoms with Crippen molar-refractivity contribution in [1.82, 2.24) is 4.98 Å². The Kier molecular flexibility index (Phi) is 4.53. The first-order chi connectivity index (χ1) is 13.7. The van der Waals surface area contributed by atoms with Gasteiger partial charge in [0.25, 0.3) is 5.91 Å². The molecule has 29 heavy (non-hydrogen) atoms. The van der Waals surface area contributed by atoms with Gasteiger partial charge in [0, 0.05) is 11.8 Å². The summed E-state index contributed by atoms with van der Waals surface area (Å²) in [5, 5.41) is 2.41. The highest BCUT2D eigenvalue weighted by atomic mass is 19.1. The van der Waals surface area contributed by atoms with E-state index in [2.05, 4.69) is 10.3 Å². The molecule has 9 heteroatoms. The lowest BCUT2D eigenvalue weighted by molar-refractivity contribution is 0.0833. The number of pyridine rings is 1. The fraction of sp³-hybridized carbons (Fsp3) is 0.100. The van der Waals surface area contributed by atoms with E-state index in [-0.39, 0.29) is 5.82 Å². The number of halogens is 2. The fourth-order valence-electron chi connectivity index (χ4n) is 3.20. The van der Waals surface area contributed by atoms with Crippen LogP contribution in [0.4, 0.5) is 14.6 Å². The number of rotatable bonds is 3. The van der Waals surface area contributed by atoms with Gasteiger partial charge in [-0.05, 0) is 54.4 Å². The van der Waals surface area contributed by atoms with Gasteiger partial charge in [0.15, 0.2) is 32.8 Å². The average Bonchev–Trinajstić information content (AvgIpc) is 2.94. The Morgan fingerprint density at radius 1 is 1.07 bits per heavy atom. The molecule has 0 saturated heterocycles. The van der Waals surface area contributed by atoms with Crippen LogP contribution in [0.25, 0.3) is 11.1 Å². The first-order valence-corrected chi connectivity index (χ1v) is 8.98. The Labute approximate surface area is 167 Å². The number of hydrogen-bond donors (Lipinski definition) is 1. The number of hydrogen-bond acceptors (Lipinski definition) is 4. The van der Waals surface area contributed by atoms with E-state index in [1.54, 1.807) is 18.3 Å². The molecule has 1 aromatic heterocycles. The van der Waals surface area contributed by atoms with Gasteiger partial charge in [-0.1, -0.05) is 6.07 Å². The second-order valence-corrected chi connectivity index (χ2v) is 7.20. The van der Waals surface area contributed by atoms with Gasteiger partial charge in [-0.3, -0.25) is 4.79 Å². The van der Waals surface area contributed by atoms with Crippen LogP contribution in [0.1, 0.15) is 15.9 Å². The molecule has 0 radical (unpaired) electrons. The summed E-state index contributed by atoms with van der Waals surface area (Å²) in [6, 6.07) is 10.4. The van der Waals surface area contributed by atoms with E-state index in [9.17, 15) is 13.6 Å². The number of ether oxygens (including phenoxy) is 2. The molecule has 0 saturated carbocycles. The first-order valence-electron chi connectivity index (χ1n) is 8.98. The summed E-state index contributed by atoms with van der Waals surface area (Å²) in [6.07, 6.45) is 1.57. The van der Waals surface area contributed by atoms with E-state index in [0.717, 1.165) is 28.8 Å². The van der Waals surface area contributed by atoms with E-state index in [1.165, 1.54) is 6.07 Å². The third-order valence-corrected chi connectivity index (χ3v) is 4.51. The lowest BCUT2D eigenvalue weighted by atomic mass is 9.76. The Bertz CT molecular complexity index is 1100. The minimum absolute atomic E-state index is 0.181. The molecule has 1 N–H and O–H groups in total. The molecule has 1 amide bonds. The van der Waals surface area contributed by atoms with Crippen LogP contribution < -0.4 is 14.8 Å². The monoisotopic (exact) mass is 392 g/mol. The number of anilines is 1. The molecular formula is C20H16B2F2N2O3. The van der Waals surface area contributed by atoms with Gasteiger partial charge >= 0.3 is 0 Å². The van der Waals surface area contributed by atoms with Crippen molar-refractivity contribution in [3.63, 3.8) is 0 Å². The minimum atomic E-state index is -0.932. The SMILES string of the molecule is BC1(B)Oc2cc(C)c(-c3ccc(NC(=O)c4c(F)cccc4F)nc3)cc2O1. The second kappa shape index (κ2) is 6.92. The summed E-state index contributed by atoms with van der Waals surface area (Å²) in [4.78, 5) is 16.4. The van der Waals surface area contributed by atoms with Gasteiger partial charge in [-0.2, -0.15) is 0 Å². The van der Waals surface area contributed by atoms with E-state index >= 15 is 0 Å². The first kappa shape index (κ1) is 19.0. The Balaban J connectivity index is 1.57. The summed E-state index contributed by atoms with van der Waals surface area (Å²) in [6.45, 7) is 1.95. The highest BCUT2D eigenvalue weighted by Gasteiger charge is 2.31. The number of carbonyl (C=O) groups is 1. The summed E-state index contributed by atoms with van der Waals surface area (Å²) in [7, 11) is 3.67. The maximum atomic E-state index is 13.8. The van der Waals surface area contributed by atoms with Crippen LogP contribution in [0.15, 0.2) is 48.7 Å². The number of nitrogens with one attached hydrogen (secondary N) is 1. The smallest absolute Gasteiger partial charge is 0.262 e. The van der Waals surface area contributed by atoms with Gasteiger partial charge in [-0.15, -0.1) is 0 Å². The van der Waals surface area contributed by atoms with Crippen molar-refractivity contribution in [3.8, 4) is 22.6 Å². The largest absolute Gasteiger partial charge is 0.467 e. The van der Waals surface area contributed by atoms with Crippen molar-refractivity contribution >= 4 is 27.4 Å². The van der Waals surface area contributed by atoms with Crippen molar-refractivity contribution in [3.05, 3.63) is 71.4 Å². The predicted octanol–water partition coefficient (Wildman–Crippen LogP) is 2.24. The Hall–Kier alpha value is -3.35. The predicted molar refractivity (Wildman–Crippen MR) is 110 cm³/mol. The topological polar surface area (TPSA) is 60.5 Å². The standard InChI is InChI=1S/C20H16B2F2N2O3/c1-10-7-15-16(29-20(21,22)28-15)8-12(10)11-5-6-17(25-9-11)26-19(27)18-13(23)3-2-4-14(18)24/h2-9H,21-22H2,1H3,(H,25,26,27). The molecule has 1 aliphatic heterocycles. The van der Waals surface area contributed by atoms with Gasteiger partial charge < -0.3 is 14.8 Å². The summed E-state index contributed by atoms with van der Waals surface area (Å²) in [5.41, 5.74) is 1.30. The zero-order chi connectivity index (χ0) is 20.8. The van der Waals surface area contributed by atoms with Crippen LogP contribution in [-0.4, -0.2) is 32.2 Å². The third-order valence-electron chi connectivity index (χ3n) is 4.51. The Morgan fingerprint density at radius 3 is 2.34 bits per heavy atom. The number of fused-ring (bicyclic) bond motifs is 1. The van der Waals surface area contributed by atoms with Crippen LogP contribution in [0, 0.1) is 18.6 Å². The van der Waals surface area contributed by atoms with Gasteiger partial charge in [0.05, 0.1) is 0 Å². The minimum Gasteiger partial charge on any atom is -0.467 e. The molecule has 1 aliphatic rings. The van der Waals surface area contributed by atoms with Crippen LogP contribution in [0.3, 0.4) is 0 Å². The normalized spacial score (nSPS) is 13.9. The summed E-state index contributed by atoms with van der Waals surface area (Å²) in [5.74, 6) is -1.26. The molecule has 5 nitrogen and oxygen atoms in total. The lowest BCUT2D eigenvalue weighted by Gasteiger charge is -2.17. The van der Waals surface area contributed by atoms with Crippen molar-refractivity contribution < 1.29 is 23.0 Å². The van der Waals surface area contributed by atoms with E-state index in [1.807, 2.05) is 34.7 Å². The zero-order valence-corrected chi connectivity index (χ0v) is 16.0.